The fourth-order valence-corrected chi connectivity index (χ4v) is 6.25. The van der Waals surface area contributed by atoms with Gasteiger partial charge in [0.05, 0.1) is 5.54 Å². The Kier molecular flexibility index (Phi) is 11.6. The number of para-hydroxylation sites is 1. The number of phenols is 1. The Morgan fingerprint density at radius 1 is 1.07 bits per heavy atom. The average Bonchev–Trinajstić information content (AvgIpc) is 3.16. The molecule has 4 amide bonds. The first-order valence-corrected chi connectivity index (χ1v) is 15.6. The van der Waals surface area contributed by atoms with Gasteiger partial charge in [-0.2, -0.15) is 0 Å². The standard InChI is InChI=1S/C28H37N5O4.C7H10/c1-31-15-5-4-14-28(25(31)35,18-20-8-10-23(34)11-9-20)30-27(37)32-16-12-22(13-17-32)33-19-21-6-2-3-7-24(21)29-26(33)36;1-3-5-7-6-4-2/h2-3,6-11,22,25,34-35H,4-5,12-19H2,1H3,(H,29,36)(H,30,37);3-7H,1H2,2H3/b;6-4-,7-5-. The monoisotopic (exact) mass is 601 g/mol. The summed E-state index contributed by atoms with van der Waals surface area (Å²) in [7, 11) is 1.89. The molecule has 3 heterocycles. The minimum absolute atomic E-state index is 0.0676. The van der Waals surface area contributed by atoms with E-state index < -0.39 is 11.8 Å². The zero-order valence-electron chi connectivity index (χ0n) is 26.0. The van der Waals surface area contributed by atoms with E-state index in [1.54, 1.807) is 18.2 Å². The molecule has 0 saturated carbocycles. The molecule has 44 heavy (non-hydrogen) atoms. The van der Waals surface area contributed by atoms with Gasteiger partial charge in [-0.15, -0.1) is 0 Å². The largest absolute Gasteiger partial charge is 0.508 e. The lowest BCUT2D eigenvalue weighted by atomic mass is 9.84. The van der Waals surface area contributed by atoms with E-state index in [4.69, 9.17) is 0 Å². The number of aliphatic hydroxyl groups is 1. The predicted octanol–water partition coefficient (Wildman–Crippen LogP) is 5.63. The molecular weight excluding hydrogens is 554 g/mol. The number of nitrogens with zero attached hydrogens (tertiary/aromatic N) is 3. The summed E-state index contributed by atoms with van der Waals surface area (Å²) in [5, 5.41) is 27.3. The minimum atomic E-state index is -0.841. The third-order valence-electron chi connectivity index (χ3n) is 8.71. The summed E-state index contributed by atoms with van der Waals surface area (Å²) in [5.41, 5.74) is 2.07. The molecule has 0 aromatic heterocycles. The summed E-state index contributed by atoms with van der Waals surface area (Å²) >= 11 is 0. The van der Waals surface area contributed by atoms with Gasteiger partial charge < -0.3 is 30.6 Å². The number of fused-ring (bicyclic) bond motifs is 1. The number of nitrogens with one attached hydrogen (secondary N) is 2. The summed E-state index contributed by atoms with van der Waals surface area (Å²) in [5.74, 6) is 0.189. The fraction of sp³-hybridized carbons (Fsp3) is 0.429. The zero-order chi connectivity index (χ0) is 31.5. The molecule has 2 fully saturated rings. The molecule has 236 valence electrons. The molecule has 0 bridgehead atoms. The first-order valence-electron chi connectivity index (χ1n) is 15.6. The molecule has 0 aliphatic carbocycles. The number of carbonyl (C=O) groups excluding carboxylic acids is 2. The number of rotatable bonds is 6. The summed E-state index contributed by atoms with van der Waals surface area (Å²) in [6, 6.07) is 14.6. The van der Waals surface area contributed by atoms with Gasteiger partial charge in [0.1, 0.15) is 12.0 Å². The van der Waals surface area contributed by atoms with Gasteiger partial charge in [-0.1, -0.05) is 67.3 Å². The van der Waals surface area contributed by atoms with Gasteiger partial charge in [0, 0.05) is 37.9 Å². The molecule has 2 atom stereocenters. The topological polar surface area (TPSA) is 108 Å². The number of aliphatic hydroxyl groups excluding tert-OH is 1. The van der Waals surface area contributed by atoms with Crippen LogP contribution in [0.25, 0.3) is 0 Å². The maximum Gasteiger partial charge on any atom is 0.322 e. The van der Waals surface area contributed by atoms with Gasteiger partial charge in [0.15, 0.2) is 0 Å². The third-order valence-corrected chi connectivity index (χ3v) is 8.71. The molecule has 5 rings (SSSR count). The molecule has 0 spiro atoms. The normalized spacial score (nSPS) is 23.0. The van der Waals surface area contributed by atoms with Crippen LogP contribution in [0.3, 0.4) is 0 Å². The summed E-state index contributed by atoms with van der Waals surface area (Å²) in [6.45, 7) is 7.92. The Labute approximate surface area is 261 Å². The van der Waals surface area contributed by atoms with Crippen molar-refractivity contribution in [1.82, 2.24) is 20.0 Å². The van der Waals surface area contributed by atoms with E-state index in [0.717, 1.165) is 36.2 Å². The average molecular weight is 602 g/mol. The van der Waals surface area contributed by atoms with Gasteiger partial charge in [-0.05, 0) is 81.8 Å². The van der Waals surface area contributed by atoms with Crippen molar-refractivity contribution in [3.8, 4) is 5.75 Å². The molecule has 3 aliphatic rings. The summed E-state index contributed by atoms with van der Waals surface area (Å²) in [4.78, 5) is 31.9. The molecule has 3 aliphatic heterocycles. The van der Waals surface area contributed by atoms with Gasteiger partial charge in [0.25, 0.3) is 0 Å². The van der Waals surface area contributed by atoms with Crippen LogP contribution in [0.1, 0.15) is 50.2 Å². The van der Waals surface area contributed by atoms with Crippen molar-refractivity contribution in [3.05, 3.63) is 96.6 Å². The van der Waals surface area contributed by atoms with Crippen LogP contribution in [0.5, 0.6) is 5.75 Å². The third kappa shape index (κ3) is 8.30. The van der Waals surface area contributed by atoms with Crippen molar-refractivity contribution < 1.29 is 19.8 Å². The summed E-state index contributed by atoms with van der Waals surface area (Å²) in [6.07, 6.45) is 13.1. The van der Waals surface area contributed by atoms with Crippen molar-refractivity contribution in [2.75, 3.05) is 32.0 Å². The van der Waals surface area contributed by atoms with Crippen LogP contribution in [0.15, 0.2) is 85.5 Å². The van der Waals surface area contributed by atoms with E-state index >= 15 is 0 Å². The van der Waals surface area contributed by atoms with Gasteiger partial charge in [0.2, 0.25) is 0 Å². The van der Waals surface area contributed by atoms with Crippen molar-refractivity contribution in [2.45, 2.75) is 69.8 Å². The Hall–Kier alpha value is -4.08. The highest BCUT2D eigenvalue weighted by atomic mass is 16.3. The molecule has 0 radical (unpaired) electrons. The van der Waals surface area contributed by atoms with Crippen LogP contribution in [-0.4, -0.2) is 81.5 Å². The maximum absolute atomic E-state index is 13.5. The number of hydrogen-bond acceptors (Lipinski definition) is 5. The number of anilines is 1. The number of phenolic OH excluding ortho intramolecular Hbond substituents is 1. The molecule has 2 unspecified atom stereocenters. The lowest BCUT2D eigenvalue weighted by Crippen LogP contribution is -2.64. The molecule has 9 heteroatoms. The Morgan fingerprint density at radius 2 is 1.80 bits per heavy atom. The van der Waals surface area contributed by atoms with E-state index in [9.17, 15) is 19.8 Å². The van der Waals surface area contributed by atoms with Crippen LogP contribution < -0.4 is 10.6 Å². The smallest absolute Gasteiger partial charge is 0.322 e. The quantitative estimate of drug-likeness (QED) is 0.321. The van der Waals surface area contributed by atoms with E-state index in [1.807, 2.05) is 89.4 Å². The van der Waals surface area contributed by atoms with Crippen molar-refractivity contribution in [3.63, 3.8) is 0 Å². The zero-order valence-corrected chi connectivity index (χ0v) is 26.0. The first kappa shape index (κ1) is 32.8. The van der Waals surface area contributed by atoms with E-state index in [1.165, 1.54) is 0 Å². The second-order valence-electron chi connectivity index (χ2n) is 11.8. The number of urea groups is 2. The number of hydrogen-bond donors (Lipinski definition) is 4. The van der Waals surface area contributed by atoms with Crippen LogP contribution in [0.2, 0.25) is 0 Å². The number of benzene rings is 2. The van der Waals surface area contributed by atoms with Gasteiger partial charge >= 0.3 is 12.1 Å². The van der Waals surface area contributed by atoms with E-state index in [-0.39, 0.29) is 23.9 Å². The lowest BCUT2D eigenvalue weighted by Gasteiger charge is -2.44. The number of aromatic hydroxyl groups is 1. The first-order chi connectivity index (χ1) is 21.3. The number of piperidine rings is 1. The highest BCUT2D eigenvalue weighted by Gasteiger charge is 2.44. The van der Waals surface area contributed by atoms with Gasteiger partial charge in [-0.25, -0.2) is 9.59 Å². The molecular formula is C35H47N5O4. The molecule has 2 saturated heterocycles. The Morgan fingerprint density at radius 3 is 2.50 bits per heavy atom. The van der Waals surface area contributed by atoms with Crippen molar-refractivity contribution >= 4 is 17.7 Å². The second-order valence-corrected chi connectivity index (χ2v) is 11.8. The summed E-state index contributed by atoms with van der Waals surface area (Å²) < 4.78 is 0. The number of likely N-dealkylation sites (N-methyl/N-ethyl adjacent to an activating group) is 1. The number of carbonyl (C=O) groups is 2. The fourth-order valence-electron chi connectivity index (χ4n) is 6.25. The molecule has 2 aromatic carbocycles. The molecule has 4 N–H and O–H groups in total. The van der Waals surface area contributed by atoms with Crippen molar-refractivity contribution in [2.24, 2.45) is 0 Å². The molecule has 9 nitrogen and oxygen atoms in total. The SMILES string of the molecule is C=C/C=C\C=C/C.CN1CCCCC(Cc2ccc(O)cc2)(NC(=O)N2CCC(N3Cc4ccccc4NC3=O)CC2)C1O. The second kappa shape index (κ2) is 15.6. The highest BCUT2D eigenvalue weighted by Crippen LogP contribution is 2.31. The Balaban J connectivity index is 0.000000566. The minimum Gasteiger partial charge on any atom is -0.508 e. The molecule has 2 aromatic rings. The van der Waals surface area contributed by atoms with E-state index in [0.29, 0.717) is 45.3 Å². The van der Waals surface area contributed by atoms with Crippen molar-refractivity contribution in [1.29, 1.82) is 0 Å². The Bertz CT molecular complexity index is 1320. The van der Waals surface area contributed by atoms with Crippen LogP contribution in [0, 0.1) is 0 Å². The maximum atomic E-state index is 13.5. The van der Waals surface area contributed by atoms with Crippen LogP contribution >= 0.6 is 0 Å². The lowest BCUT2D eigenvalue weighted by molar-refractivity contribution is -0.0447. The van der Waals surface area contributed by atoms with E-state index in [2.05, 4.69) is 17.2 Å². The van der Waals surface area contributed by atoms with Gasteiger partial charge in [-0.3, -0.25) is 4.90 Å². The van der Waals surface area contributed by atoms with Crippen LogP contribution in [-0.2, 0) is 13.0 Å². The number of allylic oxidation sites excluding steroid dienone is 5. The highest BCUT2D eigenvalue weighted by molar-refractivity contribution is 5.92. The number of amides is 4. The number of likely N-dealkylation sites (tertiary alicyclic amines) is 2. The predicted molar refractivity (Wildman–Crippen MR) is 175 cm³/mol. The van der Waals surface area contributed by atoms with Crippen LogP contribution in [0.4, 0.5) is 15.3 Å².